The largest absolute Gasteiger partial charge is 0.337 e. The van der Waals surface area contributed by atoms with Crippen LogP contribution in [0.15, 0.2) is 0 Å². The molecule has 0 saturated carbocycles. The van der Waals surface area contributed by atoms with Gasteiger partial charge in [0.05, 0.1) is 36.8 Å². The minimum Gasteiger partial charge on any atom is -0.337 e. The van der Waals surface area contributed by atoms with Crippen molar-refractivity contribution in [1.29, 1.82) is 0 Å². The predicted molar refractivity (Wildman–Crippen MR) is 211 cm³/mol. The van der Waals surface area contributed by atoms with E-state index in [2.05, 4.69) is 130 Å². The molecule has 0 radical (unpaired) electrons. The van der Waals surface area contributed by atoms with Crippen LogP contribution in [-0.2, 0) is 0 Å². The zero-order valence-corrected chi connectivity index (χ0v) is 40.3. The predicted octanol–water partition coefficient (Wildman–Crippen LogP) is 2.36. The van der Waals surface area contributed by atoms with Crippen LogP contribution < -0.4 is 0 Å². The van der Waals surface area contributed by atoms with Gasteiger partial charge in [0, 0.05) is 33.3 Å². The standard InChI is InChI=1S/C8H23NSi2.3C6H19NSi2/c1-5-9(6-2)10-11(7-3)8-4;3*1-5-9(6-2)8-7(3)4/h11H,5-8,10H2,1-4H3;3*9H,5-6,8H2,1-4H3. The average molecular weight is 674 g/mol. The summed E-state index contributed by atoms with van der Waals surface area (Å²) in [6.07, 6.45) is 0. The van der Waals surface area contributed by atoms with E-state index >= 15 is 0 Å². The van der Waals surface area contributed by atoms with E-state index in [1.165, 1.54) is 61.4 Å². The van der Waals surface area contributed by atoms with Crippen LogP contribution in [0.1, 0.15) is 69.2 Å². The van der Waals surface area contributed by atoms with Crippen molar-refractivity contribution in [3.05, 3.63) is 0 Å². The molecule has 0 bridgehead atoms. The first-order valence-corrected chi connectivity index (χ1v) is 38.7. The lowest BCUT2D eigenvalue weighted by Crippen LogP contribution is -2.38. The Balaban J connectivity index is -0.000000204. The Kier molecular flexibility index (Phi) is 42.6. The van der Waals surface area contributed by atoms with E-state index in [1.54, 1.807) is 0 Å². The molecule has 0 aromatic rings. The molecule has 4 nitrogen and oxygen atoms in total. The molecule has 0 unspecified atom stereocenters. The van der Waals surface area contributed by atoms with Crippen molar-refractivity contribution in [2.45, 2.75) is 118 Å². The number of hydrogen-bond acceptors (Lipinski definition) is 4. The molecule has 0 N–H and O–H groups in total. The number of rotatable bonds is 18. The van der Waals surface area contributed by atoms with E-state index < -0.39 is 0 Å². The van der Waals surface area contributed by atoms with Crippen molar-refractivity contribution in [2.75, 3.05) is 55.4 Å². The van der Waals surface area contributed by atoms with Gasteiger partial charge in [0.25, 0.3) is 0 Å². The monoisotopic (exact) mass is 672 g/mol. The average Bonchev–Trinajstić information content (AvgIpc) is 2.90. The summed E-state index contributed by atoms with van der Waals surface area (Å²) in [5, 5.41) is 0. The highest BCUT2D eigenvalue weighted by atomic mass is 29.2. The second-order valence-electron chi connectivity index (χ2n) is 12.0. The van der Waals surface area contributed by atoms with E-state index in [-0.39, 0.29) is 70.1 Å². The smallest absolute Gasteiger partial charge is 0.0832 e. The minimum atomic E-state index is -0.220. The van der Waals surface area contributed by atoms with Gasteiger partial charge in [-0.3, -0.25) is 0 Å². The summed E-state index contributed by atoms with van der Waals surface area (Å²) in [6.45, 7) is 26.1. The maximum Gasteiger partial charge on any atom is 0.0832 e. The molecule has 0 amide bonds. The van der Waals surface area contributed by atoms with Gasteiger partial charge in [-0.15, -0.1) is 0 Å². The third-order valence-electron chi connectivity index (χ3n) is 7.90. The molecule has 0 fully saturated rings. The molecule has 0 heterocycles. The van der Waals surface area contributed by atoms with Gasteiger partial charge in [-0.25, -0.2) is 0 Å². The third-order valence-corrected chi connectivity index (χ3v) is 51.0. The van der Waals surface area contributed by atoms with Crippen LogP contribution in [0.5, 0.6) is 0 Å². The molecule has 0 spiro atoms. The van der Waals surface area contributed by atoms with Crippen LogP contribution in [-0.4, -0.2) is 144 Å². The topological polar surface area (TPSA) is 13.0 Å². The first-order valence-electron chi connectivity index (χ1n) is 16.6. The molecule has 0 aliphatic heterocycles. The lowest BCUT2D eigenvalue weighted by Gasteiger charge is -2.21. The van der Waals surface area contributed by atoms with Crippen molar-refractivity contribution in [3.8, 4) is 0 Å². The van der Waals surface area contributed by atoms with Crippen LogP contribution in [0, 0.1) is 0 Å². The second kappa shape index (κ2) is 34.8. The van der Waals surface area contributed by atoms with Gasteiger partial charge in [-0.1, -0.05) is 118 Å². The third kappa shape index (κ3) is 35.6. The van der Waals surface area contributed by atoms with E-state index in [1.807, 2.05) is 0 Å². The fraction of sp³-hybridized carbons (Fsp3) is 1.00. The molecule has 0 aromatic carbocycles. The lowest BCUT2D eigenvalue weighted by molar-refractivity contribution is 0.500. The van der Waals surface area contributed by atoms with Gasteiger partial charge >= 0.3 is 0 Å². The molecule has 236 valence electrons. The molecule has 0 aromatic heterocycles. The minimum absolute atomic E-state index is 0.185. The van der Waals surface area contributed by atoms with E-state index in [0.29, 0.717) is 0 Å². The summed E-state index contributed by atoms with van der Waals surface area (Å²) < 4.78 is 10.1. The lowest BCUT2D eigenvalue weighted by atomic mass is 10.7. The molecule has 0 aliphatic carbocycles. The van der Waals surface area contributed by atoms with Gasteiger partial charge in [0.15, 0.2) is 0 Å². The van der Waals surface area contributed by atoms with Crippen LogP contribution >= 0.6 is 0 Å². The summed E-state index contributed by atoms with van der Waals surface area (Å²) >= 11 is 0. The van der Waals surface area contributed by atoms with Crippen LogP contribution in [0.4, 0.5) is 0 Å². The summed E-state index contributed by atoms with van der Waals surface area (Å²) in [4.78, 5) is 0. The molecule has 0 atom stereocenters. The number of hydrogen-bond donors (Lipinski definition) is 0. The summed E-state index contributed by atoms with van der Waals surface area (Å²) in [6, 6.07) is 12.1. The maximum atomic E-state index is 2.71. The Labute approximate surface area is 260 Å². The van der Waals surface area contributed by atoms with Gasteiger partial charge in [0.2, 0.25) is 0 Å². The maximum absolute atomic E-state index is 2.71. The summed E-state index contributed by atoms with van der Waals surface area (Å²) in [5.74, 6) is 0. The fourth-order valence-electron chi connectivity index (χ4n) is 4.58. The molecule has 0 saturated heterocycles. The van der Waals surface area contributed by atoms with Gasteiger partial charge in [0.1, 0.15) is 0 Å². The quantitative estimate of drug-likeness (QED) is 0.208. The Morgan fingerprint density at radius 2 is 0.526 bits per heavy atom. The zero-order chi connectivity index (χ0) is 30.5. The van der Waals surface area contributed by atoms with Crippen LogP contribution in [0.3, 0.4) is 0 Å². The van der Waals surface area contributed by atoms with Crippen molar-refractivity contribution < 1.29 is 0 Å². The van der Waals surface area contributed by atoms with E-state index in [9.17, 15) is 0 Å². The van der Waals surface area contributed by atoms with Gasteiger partial charge in [-0.2, -0.15) is 0 Å². The Bertz CT molecular complexity index is 365. The van der Waals surface area contributed by atoms with Gasteiger partial charge in [-0.05, 0) is 55.4 Å². The van der Waals surface area contributed by atoms with Crippen molar-refractivity contribution in [2.24, 2.45) is 0 Å². The van der Waals surface area contributed by atoms with Crippen molar-refractivity contribution >= 4 is 70.1 Å². The normalized spacial score (nSPS) is 12.6. The van der Waals surface area contributed by atoms with Crippen LogP contribution in [0.25, 0.3) is 0 Å². The molecule has 0 rings (SSSR count). The van der Waals surface area contributed by atoms with Crippen molar-refractivity contribution in [3.63, 3.8) is 0 Å². The zero-order valence-electron chi connectivity index (χ0n) is 30.0. The fourth-order valence-corrected chi connectivity index (χ4v) is 32.5. The molecule has 38 heavy (non-hydrogen) atoms. The SMILES string of the molecule is CCN(CC)[SiH2][SiH](CC)CC.CC[SiH](CC)[SiH2]N(C)C.CC[SiH](CC)[SiH2]N(C)C.CC[SiH](CC)[SiH2]N(C)C. The Morgan fingerprint density at radius 1 is 0.342 bits per heavy atom. The highest BCUT2D eigenvalue weighted by Gasteiger charge is 2.10. The second-order valence-corrected chi connectivity index (χ2v) is 49.9. The first-order chi connectivity index (χ1) is 17.9. The molecule has 12 heteroatoms. The molecular weight excluding hydrogens is 593 g/mol. The van der Waals surface area contributed by atoms with Gasteiger partial charge < -0.3 is 18.3 Å². The summed E-state index contributed by atoms with van der Waals surface area (Å²) in [5.41, 5.74) is 0. The molecular formula is C26H80N4Si8. The number of nitrogens with zero attached hydrogens (tertiary/aromatic N) is 4. The highest BCUT2D eigenvalue weighted by Crippen LogP contribution is 1.99. The van der Waals surface area contributed by atoms with E-state index in [0.717, 1.165) is 0 Å². The van der Waals surface area contributed by atoms with Crippen molar-refractivity contribution in [1.82, 2.24) is 18.3 Å². The first kappa shape index (κ1) is 46.5. The highest BCUT2D eigenvalue weighted by molar-refractivity contribution is 7.12. The Hall–Kier alpha value is 1.58. The summed E-state index contributed by atoms with van der Waals surface area (Å²) in [7, 11) is 13.5. The molecule has 0 aliphatic rings. The van der Waals surface area contributed by atoms with E-state index in [4.69, 9.17) is 0 Å². The Morgan fingerprint density at radius 3 is 0.632 bits per heavy atom. The van der Waals surface area contributed by atoms with Crippen LogP contribution in [0.2, 0.25) is 48.4 Å².